The highest BCUT2D eigenvalue weighted by atomic mass is 32.3. The maximum atomic E-state index is 13.8. The van der Waals surface area contributed by atoms with Crippen LogP contribution in [0.5, 0.6) is 5.75 Å². The summed E-state index contributed by atoms with van der Waals surface area (Å²) in [6, 6.07) is 23.8. The van der Waals surface area contributed by atoms with Crippen LogP contribution >= 0.6 is 10.8 Å². The Bertz CT molecular complexity index is 1730. The van der Waals surface area contributed by atoms with Crippen LogP contribution in [0.15, 0.2) is 99.1 Å². The van der Waals surface area contributed by atoms with Crippen molar-refractivity contribution in [2.75, 3.05) is 5.32 Å². The van der Waals surface area contributed by atoms with E-state index >= 15 is 0 Å². The Morgan fingerprint density at radius 1 is 0.914 bits per heavy atom. The number of fused-ring (bicyclic) bond motifs is 3. The molecular formula is C26H20N4O4S. The molecule has 1 aliphatic heterocycles. The fraction of sp³-hybridized carbons (Fsp3) is 0.0385. The minimum Gasteiger partial charge on any atom is -0.506 e. The maximum absolute atomic E-state index is 13.8. The minimum atomic E-state index is -3.57. The smallest absolute Gasteiger partial charge is 0.267 e. The topological polar surface area (TPSA) is 120 Å². The number of hydrogen-bond acceptors (Lipinski definition) is 7. The van der Waals surface area contributed by atoms with Crippen molar-refractivity contribution in [3.05, 3.63) is 107 Å². The standard InChI is InChI=1S/C26H20N4O4S/c31-23-19-8-5-13-27-25(19)30(15-16-11-12-17-6-1-2-7-18(17)14-16)26(32)22(23)24-28-20-9-3-4-10-21(20)35(33,34)29-24/h1-14,31,33-34H,15H2,(H,28,29). The number of aromatic hydroxyl groups is 1. The predicted molar refractivity (Wildman–Crippen MR) is 138 cm³/mol. The lowest BCUT2D eigenvalue weighted by atomic mass is 10.1. The first-order valence-electron chi connectivity index (χ1n) is 10.9. The molecule has 0 unspecified atom stereocenters. The second kappa shape index (κ2) is 7.95. The van der Waals surface area contributed by atoms with Crippen molar-refractivity contribution in [2.45, 2.75) is 11.4 Å². The number of rotatable bonds is 3. The van der Waals surface area contributed by atoms with Crippen LogP contribution in [0.3, 0.4) is 0 Å². The number of pyridine rings is 2. The molecule has 8 nitrogen and oxygen atoms in total. The molecule has 4 N–H and O–H groups in total. The quantitative estimate of drug-likeness (QED) is 0.279. The van der Waals surface area contributed by atoms with Gasteiger partial charge in [0.1, 0.15) is 21.9 Å². The molecule has 1 aliphatic rings. The van der Waals surface area contributed by atoms with Gasteiger partial charge in [0.05, 0.1) is 17.6 Å². The summed E-state index contributed by atoms with van der Waals surface area (Å²) in [5, 5.41) is 16.6. The van der Waals surface area contributed by atoms with Crippen LogP contribution in [0.2, 0.25) is 0 Å². The van der Waals surface area contributed by atoms with Gasteiger partial charge in [0.2, 0.25) is 0 Å². The molecule has 0 atom stereocenters. The molecule has 0 saturated heterocycles. The van der Waals surface area contributed by atoms with Crippen molar-refractivity contribution in [1.82, 2.24) is 9.55 Å². The molecule has 35 heavy (non-hydrogen) atoms. The number of aromatic nitrogens is 2. The van der Waals surface area contributed by atoms with E-state index in [1.807, 2.05) is 42.5 Å². The fourth-order valence-corrected chi connectivity index (χ4v) is 5.55. The van der Waals surface area contributed by atoms with Gasteiger partial charge in [0, 0.05) is 6.20 Å². The maximum Gasteiger partial charge on any atom is 0.267 e. The third-order valence-electron chi connectivity index (χ3n) is 6.04. The van der Waals surface area contributed by atoms with Crippen LogP contribution in [0.1, 0.15) is 11.1 Å². The van der Waals surface area contributed by atoms with Gasteiger partial charge in [-0.25, -0.2) is 4.98 Å². The SMILES string of the molecule is O=c1c(C2=NS(O)(O)c3ccccc3N2)c(O)c2cccnc2n1Cc1ccc2ccccc2c1. The summed E-state index contributed by atoms with van der Waals surface area (Å²) in [5.41, 5.74) is 0.894. The zero-order chi connectivity index (χ0) is 24.2. The van der Waals surface area contributed by atoms with E-state index in [9.17, 15) is 19.0 Å². The van der Waals surface area contributed by atoms with Gasteiger partial charge in [-0.1, -0.05) is 59.3 Å². The molecule has 0 saturated carbocycles. The van der Waals surface area contributed by atoms with E-state index in [4.69, 9.17) is 0 Å². The number of anilines is 1. The molecule has 0 bridgehead atoms. The first-order chi connectivity index (χ1) is 16.9. The van der Waals surface area contributed by atoms with E-state index in [-0.39, 0.29) is 28.6 Å². The first-order valence-corrected chi connectivity index (χ1v) is 12.4. The zero-order valence-corrected chi connectivity index (χ0v) is 19.1. The average Bonchev–Trinajstić information content (AvgIpc) is 2.86. The highest BCUT2D eigenvalue weighted by molar-refractivity contribution is 8.23. The number of hydrogen-bond donors (Lipinski definition) is 4. The van der Waals surface area contributed by atoms with Crippen molar-refractivity contribution in [1.29, 1.82) is 0 Å². The Balaban J connectivity index is 1.55. The Morgan fingerprint density at radius 3 is 2.54 bits per heavy atom. The third kappa shape index (κ3) is 3.53. The molecule has 0 radical (unpaired) electrons. The molecule has 9 heteroatoms. The Hall–Kier alpha value is -4.18. The van der Waals surface area contributed by atoms with Crippen LogP contribution in [-0.2, 0) is 6.54 Å². The summed E-state index contributed by atoms with van der Waals surface area (Å²) in [6.07, 6.45) is 1.56. The van der Waals surface area contributed by atoms with Gasteiger partial charge in [0.15, 0.2) is 5.84 Å². The van der Waals surface area contributed by atoms with Gasteiger partial charge in [0.25, 0.3) is 5.56 Å². The van der Waals surface area contributed by atoms with Crippen LogP contribution in [0, 0.1) is 0 Å². The monoisotopic (exact) mass is 484 g/mol. The van der Waals surface area contributed by atoms with Crippen LogP contribution in [0.25, 0.3) is 21.8 Å². The van der Waals surface area contributed by atoms with Crippen molar-refractivity contribution in [2.24, 2.45) is 4.40 Å². The highest BCUT2D eigenvalue weighted by Gasteiger charge is 2.30. The molecule has 6 rings (SSSR count). The molecule has 0 fully saturated rings. The lowest BCUT2D eigenvalue weighted by Gasteiger charge is -2.34. The van der Waals surface area contributed by atoms with Crippen LogP contribution in [0.4, 0.5) is 5.69 Å². The average molecular weight is 485 g/mol. The van der Waals surface area contributed by atoms with E-state index in [1.165, 1.54) is 4.57 Å². The van der Waals surface area contributed by atoms with Crippen molar-refractivity contribution in [3.8, 4) is 5.75 Å². The second-order valence-corrected chi connectivity index (χ2v) is 9.91. The van der Waals surface area contributed by atoms with E-state index in [2.05, 4.69) is 14.7 Å². The Labute approximate surface area is 201 Å². The summed E-state index contributed by atoms with van der Waals surface area (Å²) in [4.78, 5) is 18.4. The summed E-state index contributed by atoms with van der Waals surface area (Å²) in [6.45, 7) is 0.199. The zero-order valence-electron chi connectivity index (χ0n) is 18.3. The summed E-state index contributed by atoms with van der Waals surface area (Å²) < 4.78 is 26.8. The molecule has 174 valence electrons. The van der Waals surface area contributed by atoms with Gasteiger partial charge in [-0.2, -0.15) is 0 Å². The molecular weight excluding hydrogens is 464 g/mol. The minimum absolute atomic E-state index is 0.107. The van der Waals surface area contributed by atoms with E-state index < -0.39 is 16.3 Å². The van der Waals surface area contributed by atoms with E-state index in [0.717, 1.165) is 16.3 Å². The van der Waals surface area contributed by atoms with Gasteiger partial charge in [-0.15, -0.1) is 4.40 Å². The lowest BCUT2D eigenvalue weighted by Crippen LogP contribution is -2.32. The number of nitrogens with one attached hydrogen (secondary N) is 1. The largest absolute Gasteiger partial charge is 0.506 e. The Kier molecular flexibility index (Phi) is 4.85. The predicted octanol–water partition coefficient (Wildman–Crippen LogP) is 5.20. The van der Waals surface area contributed by atoms with Crippen LogP contribution in [-0.4, -0.2) is 29.6 Å². The molecule has 2 aromatic heterocycles. The summed E-state index contributed by atoms with van der Waals surface area (Å²) in [5.74, 6) is -0.432. The molecule has 3 heterocycles. The molecule has 0 spiro atoms. The molecule has 0 aliphatic carbocycles. The highest BCUT2D eigenvalue weighted by Crippen LogP contribution is 2.55. The Morgan fingerprint density at radius 2 is 1.69 bits per heavy atom. The number of para-hydroxylation sites is 1. The number of amidine groups is 1. The lowest BCUT2D eigenvalue weighted by molar-refractivity contribution is 0.477. The number of benzene rings is 3. The third-order valence-corrected chi connectivity index (χ3v) is 7.42. The van der Waals surface area contributed by atoms with Crippen molar-refractivity contribution < 1.29 is 14.2 Å². The van der Waals surface area contributed by atoms with Crippen LogP contribution < -0.4 is 10.9 Å². The number of nitrogens with zero attached hydrogens (tertiary/aromatic N) is 3. The van der Waals surface area contributed by atoms with Gasteiger partial charge < -0.3 is 10.4 Å². The molecule has 0 amide bonds. The van der Waals surface area contributed by atoms with E-state index in [1.54, 1.807) is 42.6 Å². The van der Waals surface area contributed by atoms with Crippen molar-refractivity contribution >= 4 is 44.1 Å². The van der Waals surface area contributed by atoms with E-state index in [0.29, 0.717) is 16.7 Å². The normalized spacial score (nSPS) is 15.3. The van der Waals surface area contributed by atoms with Crippen molar-refractivity contribution in [3.63, 3.8) is 0 Å². The van der Waals surface area contributed by atoms with Gasteiger partial charge in [-0.05, 0) is 46.7 Å². The van der Waals surface area contributed by atoms with Gasteiger partial charge >= 0.3 is 0 Å². The molecule has 5 aromatic rings. The van der Waals surface area contributed by atoms with Gasteiger partial charge in [-0.3, -0.25) is 18.5 Å². The second-order valence-electron chi connectivity index (χ2n) is 8.25. The first kappa shape index (κ1) is 21.4. The summed E-state index contributed by atoms with van der Waals surface area (Å²) >= 11 is 0. The fourth-order valence-electron chi connectivity index (χ4n) is 4.39. The summed E-state index contributed by atoms with van der Waals surface area (Å²) in [7, 11) is -3.57. The molecule has 3 aromatic carbocycles.